The Kier molecular flexibility index (Phi) is 4.58. The zero-order valence-electron chi connectivity index (χ0n) is 18.7. The second-order valence-corrected chi connectivity index (χ2v) is 8.59. The number of pyridine rings is 1. The van der Waals surface area contributed by atoms with Crippen LogP contribution in [0.5, 0.6) is 0 Å². The molecule has 0 bridgehead atoms. The third-order valence-corrected chi connectivity index (χ3v) is 6.48. The number of rotatable bonds is 3. The van der Waals surface area contributed by atoms with Crippen molar-refractivity contribution in [2.75, 3.05) is 0 Å². The maximum atomic E-state index is 6.43. The van der Waals surface area contributed by atoms with Gasteiger partial charge in [-0.05, 0) is 52.9 Å². The molecule has 6 aromatic rings. The summed E-state index contributed by atoms with van der Waals surface area (Å²) in [4.78, 5) is 0. The maximum Gasteiger partial charge on any atom is 0.216 e. The lowest BCUT2D eigenvalue weighted by Crippen LogP contribution is -2.30. The summed E-state index contributed by atoms with van der Waals surface area (Å²) in [5, 5.41) is 2.30. The molecule has 0 saturated carbocycles. The van der Waals surface area contributed by atoms with Gasteiger partial charge in [-0.25, -0.2) is 4.57 Å². The maximum absolute atomic E-state index is 6.43. The molecule has 0 amide bonds. The van der Waals surface area contributed by atoms with Gasteiger partial charge in [0.2, 0.25) is 5.69 Å². The van der Waals surface area contributed by atoms with E-state index in [-0.39, 0.29) is 0 Å². The SMILES string of the molecule is Cc1ccc2c(oc3ccc(-c4ccc(-c5ccccc5)cc4)cc32)c1-c1cccc[n+]1C. The molecule has 6 rings (SSSR count). The van der Waals surface area contributed by atoms with Crippen LogP contribution in [0, 0.1) is 6.92 Å². The summed E-state index contributed by atoms with van der Waals surface area (Å²) in [6.07, 6.45) is 2.08. The average Bonchev–Trinajstić information content (AvgIpc) is 3.23. The number of nitrogens with zero attached hydrogens (tertiary/aromatic N) is 1. The lowest BCUT2D eigenvalue weighted by atomic mass is 9.98. The fourth-order valence-electron chi connectivity index (χ4n) is 4.71. The second kappa shape index (κ2) is 7.75. The van der Waals surface area contributed by atoms with Crippen LogP contribution in [0.3, 0.4) is 0 Å². The van der Waals surface area contributed by atoms with Crippen molar-refractivity contribution in [2.45, 2.75) is 6.92 Å². The van der Waals surface area contributed by atoms with Gasteiger partial charge in [-0.3, -0.25) is 0 Å². The highest BCUT2D eigenvalue weighted by Gasteiger charge is 2.20. The predicted molar refractivity (Wildman–Crippen MR) is 136 cm³/mol. The Morgan fingerprint density at radius 2 is 1.27 bits per heavy atom. The molecule has 0 aliphatic heterocycles. The van der Waals surface area contributed by atoms with Crippen LogP contribution in [0.25, 0.3) is 55.4 Å². The molecule has 0 fully saturated rings. The Hall–Kier alpha value is -4.17. The first kappa shape index (κ1) is 19.5. The van der Waals surface area contributed by atoms with Crippen molar-refractivity contribution in [3.8, 4) is 33.5 Å². The van der Waals surface area contributed by atoms with E-state index in [1.807, 2.05) is 12.1 Å². The fourth-order valence-corrected chi connectivity index (χ4v) is 4.71. The van der Waals surface area contributed by atoms with Crippen LogP contribution in [0.15, 0.2) is 114 Å². The lowest BCUT2D eigenvalue weighted by molar-refractivity contribution is -0.660. The normalized spacial score (nSPS) is 11.3. The molecule has 0 unspecified atom stereocenters. The molecule has 2 nitrogen and oxygen atoms in total. The summed E-state index contributed by atoms with van der Waals surface area (Å²) in [7, 11) is 2.08. The van der Waals surface area contributed by atoms with E-state index in [1.165, 1.54) is 27.8 Å². The molecule has 2 heteroatoms. The standard InChI is InChI=1S/C31H24NO/c1-21-11-17-26-27-20-25(24-14-12-23(13-15-24)22-8-4-3-5-9-22)16-18-29(27)33-31(26)30(21)28-10-6-7-19-32(28)2/h3-20H,1-2H3/q+1. The average molecular weight is 427 g/mol. The Labute approximate surface area is 193 Å². The number of furan rings is 1. The van der Waals surface area contributed by atoms with Crippen LogP contribution in [0.4, 0.5) is 0 Å². The number of hydrogen-bond donors (Lipinski definition) is 0. The van der Waals surface area contributed by atoms with Crippen molar-refractivity contribution in [3.63, 3.8) is 0 Å². The predicted octanol–water partition coefficient (Wildman–Crippen LogP) is 7.72. The first-order chi connectivity index (χ1) is 16.2. The van der Waals surface area contributed by atoms with Crippen molar-refractivity contribution >= 4 is 21.9 Å². The van der Waals surface area contributed by atoms with Gasteiger partial charge in [-0.1, -0.05) is 72.8 Å². The monoisotopic (exact) mass is 426 g/mol. The Bertz CT molecular complexity index is 1610. The minimum Gasteiger partial charge on any atom is -0.455 e. The van der Waals surface area contributed by atoms with E-state index in [0.29, 0.717) is 0 Å². The van der Waals surface area contributed by atoms with Gasteiger partial charge in [-0.2, -0.15) is 0 Å². The van der Waals surface area contributed by atoms with Gasteiger partial charge in [0.25, 0.3) is 0 Å². The first-order valence-corrected chi connectivity index (χ1v) is 11.3. The Morgan fingerprint density at radius 1 is 0.606 bits per heavy atom. The quantitative estimate of drug-likeness (QED) is 0.265. The van der Waals surface area contributed by atoms with E-state index in [2.05, 4.69) is 116 Å². The number of aromatic nitrogens is 1. The van der Waals surface area contributed by atoms with Crippen LogP contribution < -0.4 is 4.57 Å². The summed E-state index contributed by atoms with van der Waals surface area (Å²) < 4.78 is 8.58. The first-order valence-electron chi connectivity index (χ1n) is 11.3. The van der Waals surface area contributed by atoms with Crippen LogP contribution in [0.1, 0.15) is 5.56 Å². The zero-order chi connectivity index (χ0) is 22.4. The third-order valence-electron chi connectivity index (χ3n) is 6.48. The Morgan fingerprint density at radius 3 is 2.03 bits per heavy atom. The van der Waals surface area contributed by atoms with E-state index in [0.717, 1.165) is 33.2 Å². The molecule has 33 heavy (non-hydrogen) atoms. The molecule has 0 spiro atoms. The molecule has 0 atom stereocenters. The van der Waals surface area contributed by atoms with Crippen LogP contribution in [0.2, 0.25) is 0 Å². The summed E-state index contributed by atoms with van der Waals surface area (Å²) in [5.41, 5.74) is 10.2. The van der Waals surface area contributed by atoms with Gasteiger partial charge >= 0.3 is 0 Å². The number of fused-ring (bicyclic) bond motifs is 3. The zero-order valence-corrected chi connectivity index (χ0v) is 18.7. The van der Waals surface area contributed by atoms with E-state index in [9.17, 15) is 0 Å². The van der Waals surface area contributed by atoms with Crippen LogP contribution in [-0.2, 0) is 7.05 Å². The van der Waals surface area contributed by atoms with E-state index < -0.39 is 0 Å². The van der Waals surface area contributed by atoms with Crippen LogP contribution in [-0.4, -0.2) is 0 Å². The minimum absolute atomic E-state index is 0.917. The summed E-state index contributed by atoms with van der Waals surface area (Å²) in [5.74, 6) is 0. The molecule has 0 aliphatic carbocycles. The molecule has 2 aromatic heterocycles. The number of benzene rings is 4. The third kappa shape index (κ3) is 3.32. The van der Waals surface area contributed by atoms with E-state index in [1.54, 1.807) is 0 Å². The number of aryl methyl sites for hydroxylation is 2. The second-order valence-electron chi connectivity index (χ2n) is 8.59. The van der Waals surface area contributed by atoms with Crippen LogP contribution >= 0.6 is 0 Å². The van der Waals surface area contributed by atoms with Crippen molar-refractivity contribution in [3.05, 3.63) is 115 Å². The highest BCUT2D eigenvalue weighted by Crippen LogP contribution is 2.38. The van der Waals surface area contributed by atoms with Gasteiger partial charge in [0, 0.05) is 22.9 Å². The summed E-state index contributed by atoms with van der Waals surface area (Å²) in [6, 6.07) is 36.4. The lowest BCUT2D eigenvalue weighted by Gasteiger charge is -2.06. The molecule has 0 aliphatic rings. The minimum atomic E-state index is 0.917. The molecule has 4 aromatic carbocycles. The van der Waals surface area contributed by atoms with E-state index in [4.69, 9.17) is 4.42 Å². The molecular formula is C31H24NO+. The van der Waals surface area contributed by atoms with Gasteiger partial charge in [0.05, 0.1) is 5.56 Å². The highest BCUT2D eigenvalue weighted by atomic mass is 16.3. The molecule has 0 saturated heterocycles. The topological polar surface area (TPSA) is 17.0 Å². The van der Waals surface area contributed by atoms with Crippen molar-refractivity contribution in [2.24, 2.45) is 7.05 Å². The van der Waals surface area contributed by atoms with Gasteiger partial charge in [0.15, 0.2) is 6.20 Å². The van der Waals surface area contributed by atoms with Crippen molar-refractivity contribution in [1.29, 1.82) is 0 Å². The summed E-state index contributed by atoms with van der Waals surface area (Å²) >= 11 is 0. The van der Waals surface area contributed by atoms with Crippen molar-refractivity contribution < 1.29 is 8.98 Å². The van der Waals surface area contributed by atoms with Gasteiger partial charge in [-0.15, -0.1) is 0 Å². The Balaban J connectivity index is 1.48. The fraction of sp³-hybridized carbons (Fsp3) is 0.0645. The highest BCUT2D eigenvalue weighted by molar-refractivity contribution is 6.10. The summed E-state index contributed by atoms with van der Waals surface area (Å²) in [6.45, 7) is 2.15. The molecule has 158 valence electrons. The van der Waals surface area contributed by atoms with Crippen molar-refractivity contribution in [1.82, 2.24) is 0 Å². The molecular weight excluding hydrogens is 402 g/mol. The molecule has 0 radical (unpaired) electrons. The molecule has 0 N–H and O–H groups in total. The largest absolute Gasteiger partial charge is 0.455 e. The number of hydrogen-bond acceptors (Lipinski definition) is 1. The molecule has 2 heterocycles. The van der Waals surface area contributed by atoms with Gasteiger partial charge in [0.1, 0.15) is 18.2 Å². The van der Waals surface area contributed by atoms with E-state index >= 15 is 0 Å². The van der Waals surface area contributed by atoms with Gasteiger partial charge < -0.3 is 4.42 Å². The smallest absolute Gasteiger partial charge is 0.216 e.